The first-order valence-electron chi connectivity index (χ1n) is 8.53. The Labute approximate surface area is 178 Å². The molecule has 5 atom stereocenters. The highest BCUT2D eigenvalue weighted by molar-refractivity contribution is 7.66. The summed E-state index contributed by atoms with van der Waals surface area (Å²) in [5.74, 6) is 0. The maximum absolute atomic E-state index is 11.8. The molecule has 2 heterocycles. The Balaban J connectivity index is 1.65. The van der Waals surface area contributed by atoms with Crippen LogP contribution in [0, 0.1) is 10.1 Å². The molecule has 5 unspecified atom stereocenters. The minimum absolute atomic E-state index is 0.00515. The summed E-state index contributed by atoms with van der Waals surface area (Å²) >= 11 is 0. The Morgan fingerprint density at radius 3 is 2.44 bits per heavy atom. The molecule has 32 heavy (non-hydrogen) atoms. The van der Waals surface area contributed by atoms with E-state index in [1.165, 1.54) is 18.2 Å². The normalized spacial score (nSPS) is 25.5. The third-order valence-corrected chi connectivity index (χ3v) is 8.05. The SMILES string of the molecule is O=[N+]([O-])c1ccc2c(ccn2C2CC(O)C(COP(=O)(O)OP(=O)(O)OP(=O)(O)O)O2)c1. The summed E-state index contributed by atoms with van der Waals surface area (Å²) in [4.78, 5) is 46.0. The third kappa shape index (κ3) is 6.29. The van der Waals surface area contributed by atoms with Gasteiger partial charge in [-0.15, -0.1) is 0 Å². The number of hydrogen-bond donors (Lipinski definition) is 5. The van der Waals surface area contributed by atoms with Gasteiger partial charge in [-0.25, -0.2) is 13.7 Å². The lowest BCUT2D eigenvalue weighted by molar-refractivity contribution is -0.384. The average Bonchev–Trinajstić information content (AvgIpc) is 3.19. The van der Waals surface area contributed by atoms with Gasteiger partial charge < -0.3 is 34.0 Å². The number of phosphoric acid groups is 3. The first kappa shape index (κ1) is 25.1. The monoisotopic (exact) mass is 518 g/mol. The summed E-state index contributed by atoms with van der Waals surface area (Å²) in [6.07, 6.45) is -1.61. The van der Waals surface area contributed by atoms with E-state index < -0.39 is 53.4 Å². The van der Waals surface area contributed by atoms with Crippen molar-refractivity contribution in [3.63, 3.8) is 0 Å². The molecule has 1 aliphatic rings. The van der Waals surface area contributed by atoms with Gasteiger partial charge in [0.25, 0.3) is 5.69 Å². The van der Waals surface area contributed by atoms with Crippen LogP contribution >= 0.6 is 23.5 Å². The van der Waals surface area contributed by atoms with Crippen molar-refractivity contribution in [2.45, 2.75) is 24.9 Å². The average molecular weight is 518 g/mol. The number of non-ortho nitro benzene ring substituents is 1. The Morgan fingerprint density at radius 2 is 1.81 bits per heavy atom. The van der Waals surface area contributed by atoms with Gasteiger partial charge in [-0.3, -0.25) is 14.6 Å². The highest BCUT2D eigenvalue weighted by Crippen LogP contribution is 2.66. The molecule has 1 aliphatic heterocycles. The summed E-state index contributed by atoms with van der Waals surface area (Å²) in [5.41, 5.74) is 0.442. The first-order chi connectivity index (χ1) is 14.7. The van der Waals surface area contributed by atoms with Gasteiger partial charge in [0.05, 0.1) is 23.2 Å². The number of hydrogen-bond acceptors (Lipinski definition) is 10. The lowest BCUT2D eigenvalue weighted by Crippen LogP contribution is -2.26. The molecule has 5 N–H and O–H groups in total. The summed E-state index contributed by atoms with van der Waals surface area (Å²) < 4.78 is 52.6. The number of benzene rings is 1. The maximum Gasteiger partial charge on any atom is 0.490 e. The van der Waals surface area contributed by atoms with E-state index >= 15 is 0 Å². The van der Waals surface area contributed by atoms with E-state index in [-0.39, 0.29) is 12.1 Å². The second kappa shape index (κ2) is 9.03. The fourth-order valence-corrected chi connectivity index (χ4v) is 6.05. The molecule has 2 aromatic rings. The Hall–Kier alpha value is -1.51. The predicted octanol–water partition coefficient (Wildman–Crippen LogP) is 1.54. The highest BCUT2D eigenvalue weighted by atomic mass is 31.3. The number of fused-ring (bicyclic) bond motifs is 1. The zero-order valence-electron chi connectivity index (χ0n) is 15.7. The van der Waals surface area contributed by atoms with Crippen molar-refractivity contribution >= 4 is 40.1 Å². The standard InChI is InChI=1S/C13H17N2O14P3/c16-11-6-13(14-4-3-8-5-9(15(17)18)1-2-10(8)14)27-12(11)7-26-31(22,23)29-32(24,25)28-30(19,20)21/h1-5,11-13,16H,6-7H2,(H,22,23)(H,24,25)(H2,19,20,21). The van der Waals surface area contributed by atoms with Crippen LogP contribution in [0.5, 0.6) is 0 Å². The number of aliphatic hydroxyl groups excluding tert-OH is 1. The molecule has 19 heteroatoms. The molecule has 0 amide bonds. The largest absolute Gasteiger partial charge is 0.490 e. The molecule has 1 aromatic heterocycles. The summed E-state index contributed by atoms with van der Waals surface area (Å²) in [7, 11) is -16.5. The molecule has 0 bridgehead atoms. The van der Waals surface area contributed by atoms with Gasteiger partial charge in [0, 0.05) is 30.1 Å². The fraction of sp³-hybridized carbons (Fsp3) is 0.385. The summed E-state index contributed by atoms with van der Waals surface area (Å²) in [5, 5.41) is 21.6. The molecule has 1 fully saturated rings. The molecular weight excluding hydrogens is 501 g/mol. The van der Waals surface area contributed by atoms with E-state index in [1.807, 2.05) is 0 Å². The summed E-state index contributed by atoms with van der Waals surface area (Å²) in [6, 6.07) is 5.72. The van der Waals surface area contributed by atoms with Crippen LogP contribution in [0.15, 0.2) is 30.5 Å². The van der Waals surface area contributed by atoms with Gasteiger partial charge in [0.1, 0.15) is 12.3 Å². The van der Waals surface area contributed by atoms with Gasteiger partial charge in [0.15, 0.2) is 0 Å². The quantitative estimate of drug-likeness (QED) is 0.180. The molecule has 0 radical (unpaired) electrons. The van der Waals surface area contributed by atoms with Crippen molar-refractivity contribution in [2.24, 2.45) is 0 Å². The van der Waals surface area contributed by atoms with Crippen LogP contribution in [-0.2, 0) is 31.6 Å². The molecule has 0 saturated carbocycles. The van der Waals surface area contributed by atoms with Crippen molar-refractivity contribution in [1.82, 2.24) is 4.57 Å². The van der Waals surface area contributed by atoms with Gasteiger partial charge in [-0.1, -0.05) is 0 Å². The smallest absolute Gasteiger partial charge is 0.390 e. The van der Waals surface area contributed by atoms with Crippen molar-refractivity contribution in [3.05, 3.63) is 40.6 Å². The number of ether oxygens (including phenoxy) is 1. The maximum atomic E-state index is 11.8. The molecule has 16 nitrogen and oxygen atoms in total. The lowest BCUT2D eigenvalue weighted by atomic mass is 10.2. The fourth-order valence-electron chi connectivity index (χ4n) is 3.02. The number of rotatable bonds is 9. The van der Waals surface area contributed by atoms with Crippen LogP contribution in [0.3, 0.4) is 0 Å². The number of nitrogens with zero attached hydrogens (tertiary/aromatic N) is 2. The van der Waals surface area contributed by atoms with E-state index in [2.05, 4.69) is 13.1 Å². The molecule has 0 aliphatic carbocycles. The number of aliphatic hydroxyl groups is 1. The van der Waals surface area contributed by atoms with Crippen LogP contribution in [0.1, 0.15) is 12.6 Å². The Kier molecular flexibility index (Phi) is 7.09. The first-order valence-corrected chi connectivity index (χ1v) is 13.0. The van der Waals surface area contributed by atoms with Gasteiger partial charge in [0.2, 0.25) is 0 Å². The van der Waals surface area contributed by atoms with E-state index in [9.17, 15) is 33.8 Å². The molecule has 1 saturated heterocycles. The van der Waals surface area contributed by atoms with Crippen LogP contribution in [0.2, 0.25) is 0 Å². The predicted molar refractivity (Wildman–Crippen MR) is 103 cm³/mol. The lowest BCUT2D eigenvalue weighted by Gasteiger charge is -2.19. The van der Waals surface area contributed by atoms with Crippen molar-refractivity contribution in [1.29, 1.82) is 0 Å². The Bertz CT molecular complexity index is 1160. The zero-order valence-corrected chi connectivity index (χ0v) is 18.4. The number of nitro benzene ring substituents is 1. The van der Waals surface area contributed by atoms with E-state index in [0.717, 1.165) is 0 Å². The van der Waals surface area contributed by atoms with Crippen LogP contribution < -0.4 is 0 Å². The van der Waals surface area contributed by atoms with Crippen molar-refractivity contribution in [2.75, 3.05) is 6.61 Å². The van der Waals surface area contributed by atoms with E-state index in [0.29, 0.717) is 10.9 Å². The molecule has 178 valence electrons. The number of nitro groups is 1. The molecular formula is C13H17N2O14P3. The summed E-state index contributed by atoms with van der Waals surface area (Å²) in [6.45, 7) is -0.800. The van der Waals surface area contributed by atoms with E-state index in [1.54, 1.807) is 16.8 Å². The highest BCUT2D eigenvalue weighted by Gasteiger charge is 2.42. The molecule has 1 aromatic carbocycles. The number of aromatic nitrogens is 1. The van der Waals surface area contributed by atoms with Crippen molar-refractivity contribution in [3.8, 4) is 0 Å². The third-order valence-electron chi connectivity index (χ3n) is 4.25. The molecule has 0 spiro atoms. The van der Waals surface area contributed by atoms with Crippen LogP contribution in [0.4, 0.5) is 5.69 Å². The Morgan fingerprint density at radius 1 is 1.12 bits per heavy atom. The van der Waals surface area contributed by atoms with Crippen LogP contribution in [0.25, 0.3) is 10.9 Å². The van der Waals surface area contributed by atoms with Crippen LogP contribution in [-0.4, -0.2) is 53.0 Å². The van der Waals surface area contributed by atoms with Gasteiger partial charge >= 0.3 is 23.5 Å². The molecule has 3 rings (SSSR count). The van der Waals surface area contributed by atoms with E-state index in [4.69, 9.17) is 19.4 Å². The second-order valence-electron chi connectivity index (χ2n) is 6.54. The minimum Gasteiger partial charge on any atom is -0.390 e. The topological polar surface area (TPSA) is 237 Å². The minimum atomic E-state index is -5.66. The number of phosphoric ester groups is 1. The van der Waals surface area contributed by atoms with Crippen molar-refractivity contribution < 1.29 is 61.2 Å². The van der Waals surface area contributed by atoms with Gasteiger partial charge in [-0.05, 0) is 12.1 Å². The van der Waals surface area contributed by atoms with Gasteiger partial charge in [-0.2, -0.15) is 8.62 Å². The second-order valence-corrected chi connectivity index (χ2v) is 11.0. The zero-order chi connectivity index (χ0) is 23.9.